The Labute approximate surface area is 236 Å². The third-order valence-corrected chi connectivity index (χ3v) is 8.97. The summed E-state index contributed by atoms with van der Waals surface area (Å²) in [4.78, 5) is 29.4. The first-order chi connectivity index (χ1) is 18.7. The first kappa shape index (κ1) is 30.2. The highest BCUT2D eigenvalue weighted by Crippen LogP contribution is 2.26. The Morgan fingerprint density at radius 2 is 1.59 bits per heavy atom. The lowest BCUT2D eigenvalue weighted by Crippen LogP contribution is -2.51. The van der Waals surface area contributed by atoms with Gasteiger partial charge in [0.05, 0.1) is 10.6 Å². The van der Waals surface area contributed by atoms with Crippen molar-refractivity contribution >= 4 is 39.3 Å². The van der Waals surface area contributed by atoms with Crippen molar-refractivity contribution in [3.05, 3.63) is 90.0 Å². The van der Waals surface area contributed by atoms with E-state index in [2.05, 4.69) is 5.32 Å². The smallest absolute Gasteiger partial charge is 0.264 e. The molecule has 0 fully saturated rings. The van der Waals surface area contributed by atoms with Gasteiger partial charge in [0.1, 0.15) is 12.6 Å². The molecular weight excluding hydrogens is 530 g/mol. The average Bonchev–Trinajstić information content (AvgIpc) is 2.95. The topological polar surface area (TPSA) is 86.8 Å². The Hall–Kier alpha value is -3.30. The molecule has 1 N–H and O–H groups in total. The van der Waals surface area contributed by atoms with Crippen molar-refractivity contribution in [1.29, 1.82) is 0 Å². The average molecular weight is 568 g/mol. The number of amides is 2. The summed E-state index contributed by atoms with van der Waals surface area (Å²) in [6.45, 7) is 5.86. The highest BCUT2D eigenvalue weighted by molar-refractivity contribution is 7.98. The molecule has 0 unspecified atom stereocenters. The summed E-state index contributed by atoms with van der Waals surface area (Å²) in [5, 5.41) is 2.90. The molecule has 208 valence electrons. The largest absolute Gasteiger partial charge is 0.354 e. The van der Waals surface area contributed by atoms with Crippen LogP contribution in [0, 0.1) is 6.92 Å². The van der Waals surface area contributed by atoms with Gasteiger partial charge >= 0.3 is 0 Å². The second-order valence-electron chi connectivity index (χ2n) is 9.35. The summed E-state index contributed by atoms with van der Waals surface area (Å²) in [5.41, 5.74) is 2.19. The minimum Gasteiger partial charge on any atom is -0.354 e. The number of rotatable bonds is 13. The third-order valence-electron chi connectivity index (χ3n) is 6.44. The molecule has 9 heteroatoms. The number of nitrogens with zero attached hydrogens (tertiary/aromatic N) is 2. The molecule has 2 amide bonds. The van der Waals surface area contributed by atoms with E-state index in [0.717, 1.165) is 33.2 Å². The van der Waals surface area contributed by atoms with Gasteiger partial charge in [0.25, 0.3) is 10.0 Å². The molecule has 0 saturated heterocycles. The van der Waals surface area contributed by atoms with E-state index in [9.17, 15) is 18.0 Å². The molecular formula is C30H37N3O4S2. The number of anilines is 1. The maximum Gasteiger partial charge on any atom is 0.264 e. The fourth-order valence-corrected chi connectivity index (χ4v) is 5.84. The second-order valence-corrected chi connectivity index (χ2v) is 12.1. The molecule has 3 aromatic rings. The first-order valence-corrected chi connectivity index (χ1v) is 15.7. The molecule has 0 aliphatic heterocycles. The Morgan fingerprint density at radius 3 is 2.18 bits per heavy atom. The normalized spacial score (nSPS) is 12.0. The van der Waals surface area contributed by atoms with Crippen molar-refractivity contribution < 1.29 is 18.0 Å². The van der Waals surface area contributed by atoms with Gasteiger partial charge in [-0.1, -0.05) is 61.4 Å². The number of benzene rings is 3. The van der Waals surface area contributed by atoms with Crippen LogP contribution in [0.15, 0.2) is 88.7 Å². The van der Waals surface area contributed by atoms with Crippen LogP contribution in [0.1, 0.15) is 37.8 Å². The number of aryl methyl sites for hydroxylation is 1. The second kappa shape index (κ2) is 14.2. The molecule has 0 saturated carbocycles. The van der Waals surface area contributed by atoms with E-state index in [1.165, 1.54) is 16.7 Å². The van der Waals surface area contributed by atoms with E-state index in [4.69, 9.17) is 0 Å². The van der Waals surface area contributed by atoms with Gasteiger partial charge in [0.2, 0.25) is 11.8 Å². The van der Waals surface area contributed by atoms with Gasteiger partial charge < -0.3 is 10.2 Å². The van der Waals surface area contributed by atoms with Crippen LogP contribution in [0.25, 0.3) is 0 Å². The fraction of sp³-hybridized carbons (Fsp3) is 0.333. The lowest BCUT2D eigenvalue weighted by atomic mass is 10.1. The molecule has 39 heavy (non-hydrogen) atoms. The zero-order valence-electron chi connectivity index (χ0n) is 23.0. The van der Waals surface area contributed by atoms with Gasteiger partial charge in [0, 0.05) is 18.0 Å². The standard InChI is InChI=1S/C30H37N3O4S2/c1-5-6-20-31-30(35)24(3)32(21-25-10-8-7-9-11-25)29(34)22-33(26-14-12-23(2)13-15-26)39(36,37)28-18-16-27(38-4)17-19-28/h7-19,24H,5-6,20-22H2,1-4H3,(H,31,35)/t24-/m0/s1. The Kier molecular flexibility index (Phi) is 11.0. The number of unbranched alkanes of at least 4 members (excludes halogenated alkanes) is 1. The van der Waals surface area contributed by atoms with E-state index < -0.39 is 28.5 Å². The van der Waals surface area contributed by atoms with Crippen LogP contribution in [0.2, 0.25) is 0 Å². The van der Waals surface area contributed by atoms with Crippen LogP contribution in [0.3, 0.4) is 0 Å². The quantitative estimate of drug-likeness (QED) is 0.225. The predicted molar refractivity (Wildman–Crippen MR) is 158 cm³/mol. The molecule has 3 aromatic carbocycles. The molecule has 1 atom stereocenters. The van der Waals surface area contributed by atoms with Gasteiger partial charge in [-0.05, 0) is 68.5 Å². The van der Waals surface area contributed by atoms with Crippen molar-refractivity contribution in [3.63, 3.8) is 0 Å². The van der Waals surface area contributed by atoms with Crippen LogP contribution >= 0.6 is 11.8 Å². The number of nitrogens with one attached hydrogen (secondary N) is 1. The minimum absolute atomic E-state index is 0.0913. The lowest BCUT2D eigenvalue weighted by Gasteiger charge is -2.32. The lowest BCUT2D eigenvalue weighted by molar-refractivity contribution is -0.139. The van der Waals surface area contributed by atoms with Crippen molar-refractivity contribution in [2.45, 2.75) is 56.0 Å². The summed E-state index contributed by atoms with van der Waals surface area (Å²) in [5.74, 6) is -0.744. The van der Waals surface area contributed by atoms with E-state index in [0.29, 0.717) is 12.2 Å². The van der Waals surface area contributed by atoms with Crippen molar-refractivity contribution in [2.24, 2.45) is 0 Å². The van der Waals surface area contributed by atoms with Crippen molar-refractivity contribution in [1.82, 2.24) is 10.2 Å². The third kappa shape index (κ3) is 8.10. The van der Waals surface area contributed by atoms with Crippen LogP contribution in [0.5, 0.6) is 0 Å². The maximum atomic E-state index is 13.9. The summed E-state index contributed by atoms with van der Waals surface area (Å²) >= 11 is 1.52. The molecule has 0 aliphatic carbocycles. The number of carbonyl (C=O) groups excluding carboxylic acids is 2. The molecule has 0 aliphatic rings. The molecule has 0 spiro atoms. The zero-order valence-corrected chi connectivity index (χ0v) is 24.6. The summed E-state index contributed by atoms with van der Waals surface area (Å²) in [6, 6.07) is 22.2. The van der Waals surface area contributed by atoms with E-state index in [1.54, 1.807) is 43.3 Å². The maximum absolute atomic E-state index is 13.9. The number of hydrogen-bond donors (Lipinski definition) is 1. The SMILES string of the molecule is CCCCNC(=O)[C@H](C)N(Cc1ccccc1)C(=O)CN(c1ccc(C)cc1)S(=O)(=O)c1ccc(SC)cc1. The molecule has 0 aromatic heterocycles. The minimum atomic E-state index is -4.08. The predicted octanol–water partition coefficient (Wildman–Crippen LogP) is 5.25. The molecule has 3 rings (SSSR count). The number of thioether (sulfide) groups is 1. The molecule has 0 radical (unpaired) electrons. The van der Waals surface area contributed by atoms with Crippen LogP contribution in [-0.4, -0.2) is 50.5 Å². The summed E-state index contributed by atoms with van der Waals surface area (Å²) in [6.07, 6.45) is 3.68. The van der Waals surface area contributed by atoms with Gasteiger partial charge in [-0.3, -0.25) is 13.9 Å². The number of carbonyl (C=O) groups is 2. The zero-order chi connectivity index (χ0) is 28.4. The Morgan fingerprint density at radius 1 is 0.949 bits per heavy atom. The summed E-state index contributed by atoms with van der Waals surface area (Å²) < 4.78 is 28.9. The molecule has 0 heterocycles. The van der Waals surface area contributed by atoms with Crippen LogP contribution < -0.4 is 9.62 Å². The van der Waals surface area contributed by atoms with Crippen molar-refractivity contribution in [3.8, 4) is 0 Å². The van der Waals surface area contributed by atoms with Crippen LogP contribution in [0.4, 0.5) is 5.69 Å². The van der Waals surface area contributed by atoms with Gasteiger partial charge in [-0.15, -0.1) is 11.8 Å². The number of sulfonamides is 1. The first-order valence-electron chi connectivity index (χ1n) is 13.0. The van der Waals surface area contributed by atoms with E-state index in [1.807, 2.05) is 62.6 Å². The number of hydrogen-bond acceptors (Lipinski definition) is 5. The summed E-state index contributed by atoms with van der Waals surface area (Å²) in [7, 11) is -4.08. The Balaban J connectivity index is 1.98. The Bertz CT molecular complexity index is 1330. The highest BCUT2D eigenvalue weighted by atomic mass is 32.2. The molecule has 0 bridgehead atoms. The fourth-order valence-electron chi connectivity index (χ4n) is 4.01. The van der Waals surface area contributed by atoms with E-state index in [-0.39, 0.29) is 17.3 Å². The molecule has 7 nitrogen and oxygen atoms in total. The van der Waals surface area contributed by atoms with Gasteiger partial charge in [-0.25, -0.2) is 8.42 Å². The monoisotopic (exact) mass is 567 g/mol. The van der Waals surface area contributed by atoms with E-state index >= 15 is 0 Å². The van der Waals surface area contributed by atoms with Crippen LogP contribution in [-0.2, 0) is 26.2 Å². The van der Waals surface area contributed by atoms with Gasteiger partial charge in [0.15, 0.2) is 0 Å². The van der Waals surface area contributed by atoms with Crippen molar-refractivity contribution in [2.75, 3.05) is 23.7 Å². The van der Waals surface area contributed by atoms with Gasteiger partial charge in [-0.2, -0.15) is 0 Å². The highest BCUT2D eigenvalue weighted by Gasteiger charge is 2.32.